The minimum absolute atomic E-state index is 0.130. The molecule has 0 saturated carbocycles. The number of nitrogens with one attached hydrogen (secondary N) is 1. The average molecular weight is 277 g/mol. The number of carboxylic acid groups (broad SMARTS) is 1. The second-order valence-corrected chi connectivity index (χ2v) is 5.57. The van der Waals surface area contributed by atoms with Crippen molar-refractivity contribution < 1.29 is 14.7 Å². The number of benzene rings is 1. The van der Waals surface area contributed by atoms with Crippen LogP contribution in [-0.2, 0) is 9.59 Å². The van der Waals surface area contributed by atoms with Gasteiger partial charge in [-0.1, -0.05) is 32.0 Å². The van der Waals surface area contributed by atoms with E-state index in [1.165, 1.54) is 0 Å². The Morgan fingerprint density at radius 1 is 1.25 bits per heavy atom. The van der Waals surface area contributed by atoms with Crippen molar-refractivity contribution >= 4 is 17.6 Å². The molecule has 0 aromatic heterocycles. The van der Waals surface area contributed by atoms with E-state index in [4.69, 9.17) is 5.11 Å². The summed E-state index contributed by atoms with van der Waals surface area (Å²) in [6.07, 6.45) is 1.22. The highest BCUT2D eigenvalue weighted by Gasteiger charge is 2.20. The molecule has 1 aromatic rings. The standard InChI is InChI=1S/C16H23NO3/c1-11(2)10-13(16(19)20)8-9-15(18)17-14-7-5-4-6-12(14)3/h4-7,11,13H,8-10H2,1-3H3,(H,17,18)(H,19,20)/t13-/m1/s1. The average Bonchev–Trinajstić information content (AvgIpc) is 2.36. The van der Waals surface area contributed by atoms with Crippen molar-refractivity contribution in [1.29, 1.82) is 0 Å². The quantitative estimate of drug-likeness (QED) is 0.802. The highest BCUT2D eigenvalue weighted by atomic mass is 16.4. The number of carbonyl (C=O) groups excluding carboxylic acids is 1. The fourth-order valence-corrected chi connectivity index (χ4v) is 2.14. The minimum atomic E-state index is -0.817. The number of hydrogen-bond donors (Lipinski definition) is 2. The van der Waals surface area contributed by atoms with Crippen molar-refractivity contribution in [2.45, 2.75) is 40.0 Å². The molecule has 4 heteroatoms. The SMILES string of the molecule is Cc1ccccc1NC(=O)CC[C@H](CC(C)C)C(=O)O. The van der Waals surface area contributed by atoms with E-state index in [2.05, 4.69) is 5.32 Å². The molecule has 1 rings (SSSR count). The van der Waals surface area contributed by atoms with Crippen LogP contribution in [0.2, 0.25) is 0 Å². The number of rotatable bonds is 7. The second kappa shape index (κ2) is 7.68. The predicted molar refractivity (Wildman–Crippen MR) is 79.6 cm³/mol. The molecule has 0 spiro atoms. The summed E-state index contributed by atoms with van der Waals surface area (Å²) in [5.74, 6) is -1.08. The van der Waals surface area contributed by atoms with E-state index in [0.29, 0.717) is 18.8 Å². The molecule has 0 fully saturated rings. The molecule has 1 atom stereocenters. The van der Waals surface area contributed by atoms with Crippen LogP contribution in [0.25, 0.3) is 0 Å². The van der Waals surface area contributed by atoms with Crippen molar-refractivity contribution in [3.8, 4) is 0 Å². The molecule has 0 aliphatic rings. The van der Waals surface area contributed by atoms with E-state index < -0.39 is 11.9 Å². The lowest BCUT2D eigenvalue weighted by Gasteiger charge is -2.14. The van der Waals surface area contributed by atoms with Crippen molar-refractivity contribution in [2.75, 3.05) is 5.32 Å². The molecule has 0 radical (unpaired) electrons. The zero-order chi connectivity index (χ0) is 15.1. The lowest BCUT2D eigenvalue weighted by Crippen LogP contribution is -2.20. The number of carbonyl (C=O) groups is 2. The monoisotopic (exact) mass is 277 g/mol. The predicted octanol–water partition coefficient (Wildman–Crippen LogP) is 3.46. The molecule has 4 nitrogen and oxygen atoms in total. The fraction of sp³-hybridized carbons (Fsp3) is 0.500. The molecule has 1 aromatic carbocycles. The van der Waals surface area contributed by atoms with Crippen LogP contribution in [0.5, 0.6) is 0 Å². The number of carboxylic acids is 1. The Bertz CT molecular complexity index is 469. The zero-order valence-corrected chi connectivity index (χ0v) is 12.3. The van der Waals surface area contributed by atoms with Crippen LogP contribution in [0.1, 0.15) is 38.7 Å². The summed E-state index contributed by atoms with van der Waals surface area (Å²) in [5, 5.41) is 12.0. The second-order valence-electron chi connectivity index (χ2n) is 5.57. The van der Waals surface area contributed by atoms with Crippen LogP contribution in [0.15, 0.2) is 24.3 Å². The normalized spacial score (nSPS) is 12.2. The van der Waals surface area contributed by atoms with Gasteiger partial charge in [0.05, 0.1) is 5.92 Å². The van der Waals surface area contributed by atoms with E-state index in [-0.39, 0.29) is 12.3 Å². The number of hydrogen-bond acceptors (Lipinski definition) is 2. The summed E-state index contributed by atoms with van der Waals surface area (Å²) < 4.78 is 0. The van der Waals surface area contributed by atoms with Crippen LogP contribution >= 0.6 is 0 Å². The van der Waals surface area contributed by atoms with E-state index in [0.717, 1.165) is 11.3 Å². The van der Waals surface area contributed by atoms with Gasteiger partial charge in [-0.05, 0) is 37.3 Å². The Kier molecular flexibility index (Phi) is 6.22. The number of para-hydroxylation sites is 1. The maximum absolute atomic E-state index is 11.9. The van der Waals surface area contributed by atoms with Crippen LogP contribution in [0.3, 0.4) is 0 Å². The third-order valence-electron chi connectivity index (χ3n) is 3.24. The third-order valence-corrected chi connectivity index (χ3v) is 3.24. The largest absolute Gasteiger partial charge is 0.481 e. The maximum Gasteiger partial charge on any atom is 0.306 e. The Morgan fingerprint density at radius 3 is 2.45 bits per heavy atom. The highest BCUT2D eigenvalue weighted by molar-refractivity contribution is 5.91. The van der Waals surface area contributed by atoms with Crippen molar-refractivity contribution in [3.63, 3.8) is 0 Å². The molecule has 0 bridgehead atoms. The van der Waals surface area contributed by atoms with Crippen molar-refractivity contribution in [2.24, 2.45) is 11.8 Å². The highest BCUT2D eigenvalue weighted by Crippen LogP contribution is 2.19. The first-order valence-electron chi connectivity index (χ1n) is 6.98. The molecule has 110 valence electrons. The molecule has 0 aliphatic heterocycles. The van der Waals surface area contributed by atoms with Crippen LogP contribution in [0.4, 0.5) is 5.69 Å². The number of amides is 1. The van der Waals surface area contributed by atoms with Crippen molar-refractivity contribution in [1.82, 2.24) is 0 Å². The summed E-state index contributed by atoms with van der Waals surface area (Å²) >= 11 is 0. The molecule has 1 amide bonds. The molecule has 0 aliphatic carbocycles. The van der Waals surface area contributed by atoms with Gasteiger partial charge in [0.1, 0.15) is 0 Å². The summed E-state index contributed by atoms with van der Waals surface area (Å²) in [7, 11) is 0. The Labute approximate surface area is 120 Å². The van der Waals surface area contributed by atoms with E-state index in [1.807, 2.05) is 45.0 Å². The summed E-state index contributed by atoms with van der Waals surface area (Å²) in [5.41, 5.74) is 1.78. The van der Waals surface area contributed by atoms with Gasteiger partial charge in [-0.3, -0.25) is 9.59 Å². The number of anilines is 1. The van der Waals surface area contributed by atoms with Crippen molar-refractivity contribution in [3.05, 3.63) is 29.8 Å². The Balaban J connectivity index is 2.50. The molecule has 0 heterocycles. The molecule has 0 unspecified atom stereocenters. The van der Waals surface area contributed by atoms with Gasteiger partial charge in [-0.25, -0.2) is 0 Å². The summed E-state index contributed by atoms with van der Waals surface area (Å²) in [6, 6.07) is 7.54. The van der Waals surface area contributed by atoms with E-state index >= 15 is 0 Å². The van der Waals surface area contributed by atoms with Gasteiger partial charge in [0.15, 0.2) is 0 Å². The van der Waals surface area contributed by atoms with Crippen LogP contribution in [0, 0.1) is 18.8 Å². The van der Waals surface area contributed by atoms with Gasteiger partial charge < -0.3 is 10.4 Å². The number of aryl methyl sites for hydroxylation is 1. The maximum atomic E-state index is 11.9. The lowest BCUT2D eigenvalue weighted by atomic mass is 9.93. The van der Waals surface area contributed by atoms with Gasteiger partial charge in [0.2, 0.25) is 5.91 Å². The smallest absolute Gasteiger partial charge is 0.306 e. The first kappa shape index (κ1) is 16.2. The van der Waals surface area contributed by atoms with E-state index in [1.54, 1.807) is 0 Å². The van der Waals surface area contributed by atoms with Crippen LogP contribution in [-0.4, -0.2) is 17.0 Å². The molecular formula is C16H23NO3. The van der Waals surface area contributed by atoms with Gasteiger partial charge in [0, 0.05) is 12.1 Å². The zero-order valence-electron chi connectivity index (χ0n) is 12.3. The summed E-state index contributed by atoms with van der Waals surface area (Å²) in [6.45, 7) is 5.90. The lowest BCUT2D eigenvalue weighted by molar-refractivity contribution is -0.142. The first-order chi connectivity index (χ1) is 9.40. The Hall–Kier alpha value is -1.84. The topological polar surface area (TPSA) is 66.4 Å². The third kappa shape index (κ3) is 5.43. The molecule has 2 N–H and O–H groups in total. The van der Waals surface area contributed by atoms with Gasteiger partial charge in [-0.15, -0.1) is 0 Å². The summed E-state index contributed by atoms with van der Waals surface area (Å²) in [4.78, 5) is 23.0. The fourth-order valence-electron chi connectivity index (χ4n) is 2.14. The Morgan fingerprint density at radius 2 is 1.90 bits per heavy atom. The molecule has 20 heavy (non-hydrogen) atoms. The van der Waals surface area contributed by atoms with Gasteiger partial charge >= 0.3 is 5.97 Å². The minimum Gasteiger partial charge on any atom is -0.481 e. The first-order valence-corrected chi connectivity index (χ1v) is 6.98. The molecule has 0 saturated heterocycles. The van der Waals surface area contributed by atoms with E-state index in [9.17, 15) is 9.59 Å². The van der Waals surface area contributed by atoms with Crippen LogP contribution < -0.4 is 5.32 Å². The van der Waals surface area contributed by atoms with Gasteiger partial charge in [0.25, 0.3) is 0 Å². The van der Waals surface area contributed by atoms with Gasteiger partial charge in [-0.2, -0.15) is 0 Å². The number of aliphatic carboxylic acids is 1. The molecular weight excluding hydrogens is 254 g/mol.